The summed E-state index contributed by atoms with van der Waals surface area (Å²) in [7, 11) is 0. The second-order valence-electron chi connectivity index (χ2n) is 12.1. The molecule has 0 saturated carbocycles. The molecule has 1 heterocycles. The first-order chi connectivity index (χ1) is 21.8. The van der Waals surface area contributed by atoms with E-state index in [9.17, 15) is 9.90 Å². The van der Waals surface area contributed by atoms with E-state index in [-0.39, 0.29) is 43.5 Å². The monoisotopic (exact) mass is 787 g/mol. The minimum Gasteiger partial charge on any atom is -0.512 e. The zero-order chi connectivity index (χ0) is 32.1. The molecule has 0 bridgehead atoms. The van der Waals surface area contributed by atoms with Crippen LogP contribution in [0.1, 0.15) is 64.5 Å². The van der Waals surface area contributed by atoms with E-state index in [0.717, 1.165) is 42.5 Å². The Morgan fingerprint density at radius 2 is 1.37 bits per heavy atom. The quantitative estimate of drug-likeness (QED) is 0.0902. The molecule has 4 heteroatoms. The fraction of sp³-hybridized carbons (Fsp3) is 0.286. The van der Waals surface area contributed by atoms with E-state index in [2.05, 4.69) is 104 Å². The van der Waals surface area contributed by atoms with Crippen LogP contribution in [0.15, 0.2) is 96.9 Å². The van der Waals surface area contributed by atoms with Crippen LogP contribution in [0, 0.1) is 31.7 Å². The Labute approximate surface area is 288 Å². The number of aliphatic hydroxyl groups is 1. The van der Waals surface area contributed by atoms with Crippen LogP contribution in [0.3, 0.4) is 0 Å². The molecule has 46 heavy (non-hydrogen) atoms. The summed E-state index contributed by atoms with van der Waals surface area (Å²) >= 11 is 0. The van der Waals surface area contributed by atoms with E-state index in [1.165, 1.54) is 55.8 Å². The van der Waals surface area contributed by atoms with Crippen LogP contribution in [0.5, 0.6) is 0 Å². The first kappa shape index (κ1) is 35.0. The molecule has 3 nitrogen and oxygen atoms in total. The number of aliphatic hydroxyl groups excluding tert-OH is 1. The van der Waals surface area contributed by atoms with Crippen LogP contribution < -0.4 is 0 Å². The third kappa shape index (κ3) is 7.25. The summed E-state index contributed by atoms with van der Waals surface area (Å²) < 4.78 is 0. The predicted molar refractivity (Wildman–Crippen MR) is 189 cm³/mol. The number of rotatable bonds is 9. The maximum Gasteiger partial charge on any atom is 0.162 e. The molecule has 5 aromatic rings. The number of nitrogens with zero attached hydrogens (tertiary/aromatic N) is 1. The van der Waals surface area contributed by atoms with Crippen LogP contribution in [0.4, 0.5) is 0 Å². The standard InChI is InChI=1S/C29H20N.C13H24O2.Ir/c1-18-14-19(2)16-21(15-18)28-17-20(12-13-30-28)22-10-11-27-24-7-4-3-6-23(24)26-9-5-8-25(22)29(26)27;1-5-10(6-2)12(14)9-13(15)11(7-3)8-4;/h3-15,17H,1-2H3;9-11,14H,5-8H2,1-4H3;/q-1;;/b;12-9-;. The molecular formula is C42H44IrNO2-. The number of fused-ring (bicyclic) bond motifs is 3. The van der Waals surface area contributed by atoms with Crippen molar-refractivity contribution >= 4 is 16.6 Å². The number of benzene rings is 4. The molecule has 1 aromatic heterocycles. The van der Waals surface area contributed by atoms with Gasteiger partial charge in [0.25, 0.3) is 0 Å². The van der Waals surface area contributed by atoms with Gasteiger partial charge in [0.05, 0.1) is 5.76 Å². The van der Waals surface area contributed by atoms with Gasteiger partial charge in [0.2, 0.25) is 0 Å². The molecule has 0 atom stereocenters. The molecule has 1 N–H and O–H groups in total. The molecule has 0 amide bonds. The Morgan fingerprint density at radius 1 is 0.761 bits per heavy atom. The summed E-state index contributed by atoms with van der Waals surface area (Å²) in [5.74, 6) is 0.547. The van der Waals surface area contributed by atoms with Crippen molar-refractivity contribution in [2.75, 3.05) is 0 Å². The predicted octanol–water partition coefficient (Wildman–Crippen LogP) is 11.5. The van der Waals surface area contributed by atoms with Gasteiger partial charge in [-0.25, -0.2) is 0 Å². The smallest absolute Gasteiger partial charge is 0.162 e. The molecule has 239 valence electrons. The number of carbonyl (C=O) groups excluding carboxylic acids is 1. The zero-order valence-electron chi connectivity index (χ0n) is 27.8. The van der Waals surface area contributed by atoms with E-state index < -0.39 is 0 Å². The third-order valence-corrected chi connectivity index (χ3v) is 9.12. The number of hydrogen-bond donors (Lipinski definition) is 1. The van der Waals surface area contributed by atoms with Gasteiger partial charge in [0.1, 0.15) is 0 Å². The number of aryl methyl sites for hydroxylation is 2. The Morgan fingerprint density at radius 3 is 2.00 bits per heavy atom. The Bertz CT molecular complexity index is 1810. The van der Waals surface area contributed by atoms with Gasteiger partial charge in [0, 0.05) is 44.2 Å². The molecule has 0 saturated heterocycles. The molecule has 4 aromatic carbocycles. The maximum atomic E-state index is 11.7. The summed E-state index contributed by atoms with van der Waals surface area (Å²) in [5, 5.41) is 12.4. The van der Waals surface area contributed by atoms with E-state index in [4.69, 9.17) is 0 Å². The second-order valence-corrected chi connectivity index (χ2v) is 12.1. The van der Waals surface area contributed by atoms with E-state index in [1.807, 2.05) is 33.9 Å². The van der Waals surface area contributed by atoms with Crippen molar-refractivity contribution in [2.45, 2.75) is 67.2 Å². The topological polar surface area (TPSA) is 50.2 Å². The Kier molecular flexibility index (Phi) is 11.9. The van der Waals surface area contributed by atoms with Crippen molar-refractivity contribution in [1.29, 1.82) is 0 Å². The molecule has 1 aliphatic rings. The van der Waals surface area contributed by atoms with Crippen LogP contribution >= 0.6 is 0 Å². The molecule has 0 fully saturated rings. The molecule has 0 unspecified atom stereocenters. The molecule has 1 radical (unpaired) electrons. The fourth-order valence-corrected chi connectivity index (χ4v) is 6.62. The van der Waals surface area contributed by atoms with Gasteiger partial charge in [-0.3, -0.25) is 4.79 Å². The van der Waals surface area contributed by atoms with Gasteiger partial charge in [-0.2, -0.15) is 0 Å². The molecule has 1 aliphatic carbocycles. The summed E-state index contributed by atoms with van der Waals surface area (Å²) in [6, 6.07) is 32.0. The first-order valence-electron chi connectivity index (χ1n) is 16.4. The number of carbonyl (C=O) groups is 1. The number of aromatic nitrogens is 1. The normalized spacial score (nSPS) is 11.7. The van der Waals surface area contributed by atoms with Crippen LogP contribution in [0.25, 0.3) is 55.4 Å². The summed E-state index contributed by atoms with van der Waals surface area (Å²) in [6.45, 7) is 12.3. The zero-order valence-corrected chi connectivity index (χ0v) is 30.2. The average molecular weight is 787 g/mol. The summed E-state index contributed by atoms with van der Waals surface area (Å²) in [6.07, 6.45) is 6.82. The van der Waals surface area contributed by atoms with Gasteiger partial charge in [-0.05, 0) is 81.6 Å². The fourth-order valence-electron chi connectivity index (χ4n) is 6.62. The van der Waals surface area contributed by atoms with Crippen molar-refractivity contribution in [3.63, 3.8) is 0 Å². The largest absolute Gasteiger partial charge is 0.512 e. The van der Waals surface area contributed by atoms with Crippen LogP contribution in [-0.2, 0) is 24.9 Å². The molecular weight excluding hydrogens is 743 g/mol. The van der Waals surface area contributed by atoms with E-state index in [0.29, 0.717) is 0 Å². The third-order valence-electron chi connectivity index (χ3n) is 9.12. The second kappa shape index (κ2) is 15.6. The summed E-state index contributed by atoms with van der Waals surface area (Å²) in [4.78, 5) is 16.4. The van der Waals surface area contributed by atoms with Crippen LogP contribution in [-0.4, -0.2) is 15.9 Å². The van der Waals surface area contributed by atoms with E-state index >= 15 is 0 Å². The van der Waals surface area contributed by atoms with Gasteiger partial charge < -0.3 is 10.1 Å². The van der Waals surface area contributed by atoms with E-state index in [1.54, 1.807) is 0 Å². The van der Waals surface area contributed by atoms with Gasteiger partial charge in [-0.15, -0.1) is 34.9 Å². The van der Waals surface area contributed by atoms with Gasteiger partial charge >= 0.3 is 0 Å². The van der Waals surface area contributed by atoms with Crippen molar-refractivity contribution in [3.8, 4) is 44.6 Å². The number of ketones is 1. The number of hydrogen-bond acceptors (Lipinski definition) is 3. The van der Waals surface area contributed by atoms with Crippen molar-refractivity contribution in [3.05, 3.63) is 114 Å². The molecule has 0 aliphatic heterocycles. The van der Waals surface area contributed by atoms with Crippen molar-refractivity contribution in [2.24, 2.45) is 11.8 Å². The minimum atomic E-state index is 0. The average Bonchev–Trinajstić information content (AvgIpc) is 3.37. The summed E-state index contributed by atoms with van der Waals surface area (Å²) in [5.41, 5.74) is 12.1. The minimum absolute atomic E-state index is 0. The SMILES string of the molecule is CCC(CC)C(=O)/C=C(\O)C(CC)CC.Cc1[c-]c(-c2cc(-c3ccc4c5c(cccc35)-c3ccccc3-4)ccn2)cc(C)c1.[Ir]. The maximum absolute atomic E-state index is 11.7. The molecule has 0 spiro atoms. The Hall–Kier alpha value is -3.85. The van der Waals surface area contributed by atoms with Gasteiger partial charge in [0.15, 0.2) is 5.78 Å². The van der Waals surface area contributed by atoms with Crippen molar-refractivity contribution in [1.82, 2.24) is 4.98 Å². The molecule has 6 rings (SSSR count). The first-order valence-corrected chi connectivity index (χ1v) is 16.4. The van der Waals surface area contributed by atoms with Gasteiger partial charge in [-0.1, -0.05) is 102 Å². The number of allylic oxidation sites excluding steroid dienone is 2. The van der Waals surface area contributed by atoms with Crippen molar-refractivity contribution < 1.29 is 30.0 Å². The van der Waals surface area contributed by atoms with Crippen LogP contribution in [0.2, 0.25) is 0 Å². The number of pyridine rings is 1. The Balaban J connectivity index is 0.000000259.